The predicted molar refractivity (Wildman–Crippen MR) is 119 cm³/mol. The number of hydrogen-bond acceptors (Lipinski definition) is 3. The summed E-state index contributed by atoms with van der Waals surface area (Å²) in [6.07, 6.45) is 16.6. The molecule has 7 atom stereocenters. The van der Waals surface area contributed by atoms with E-state index in [0.717, 1.165) is 36.2 Å². The molecule has 0 amide bonds. The molecule has 0 aromatic carbocycles. The summed E-state index contributed by atoms with van der Waals surface area (Å²) in [5, 5.41) is 29.9. The molecule has 3 aliphatic carbocycles. The van der Waals surface area contributed by atoms with Gasteiger partial charge in [0.05, 0.1) is 17.8 Å². The zero-order valence-electron chi connectivity index (χ0n) is 19.1. The van der Waals surface area contributed by atoms with Gasteiger partial charge in [-0.15, -0.1) is 0 Å². The molecule has 3 heteroatoms. The molecule has 0 spiro atoms. The summed E-state index contributed by atoms with van der Waals surface area (Å²) in [6.45, 7) is 8.83. The normalized spacial score (nSPS) is 39.4. The summed E-state index contributed by atoms with van der Waals surface area (Å²) < 4.78 is 0. The van der Waals surface area contributed by atoms with E-state index in [9.17, 15) is 15.3 Å². The third kappa shape index (κ3) is 5.74. The van der Waals surface area contributed by atoms with Gasteiger partial charge in [-0.3, -0.25) is 0 Å². The average Bonchev–Trinajstić information content (AvgIpc) is 2.95. The van der Waals surface area contributed by atoms with Gasteiger partial charge in [0.15, 0.2) is 0 Å². The lowest BCUT2D eigenvalue weighted by Gasteiger charge is -2.46. The number of fused-ring (bicyclic) bond motifs is 1. The van der Waals surface area contributed by atoms with Crippen molar-refractivity contribution < 1.29 is 15.3 Å². The van der Waals surface area contributed by atoms with Crippen LogP contribution in [0.4, 0.5) is 0 Å². The second-order valence-corrected chi connectivity index (χ2v) is 11.3. The van der Waals surface area contributed by atoms with Crippen molar-refractivity contribution in [3.63, 3.8) is 0 Å². The van der Waals surface area contributed by atoms with Crippen LogP contribution in [0.3, 0.4) is 0 Å². The fourth-order valence-corrected chi connectivity index (χ4v) is 6.90. The van der Waals surface area contributed by atoms with Gasteiger partial charge in [0.2, 0.25) is 0 Å². The van der Waals surface area contributed by atoms with Crippen molar-refractivity contribution in [2.24, 2.45) is 29.1 Å². The zero-order valence-corrected chi connectivity index (χ0v) is 19.1. The van der Waals surface area contributed by atoms with Crippen molar-refractivity contribution in [3.05, 3.63) is 23.8 Å². The van der Waals surface area contributed by atoms with Crippen molar-refractivity contribution in [3.8, 4) is 0 Å². The van der Waals surface area contributed by atoms with E-state index in [1.807, 2.05) is 19.9 Å². The van der Waals surface area contributed by atoms with Crippen LogP contribution in [0.25, 0.3) is 0 Å². The van der Waals surface area contributed by atoms with Crippen LogP contribution in [0.1, 0.15) is 91.9 Å². The van der Waals surface area contributed by atoms with E-state index >= 15 is 0 Å². The van der Waals surface area contributed by atoms with Gasteiger partial charge in [0.1, 0.15) is 0 Å². The Bertz CT molecular complexity index is 602. The van der Waals surface area contributed by atoms with E-state index < -0.39 is 17.8 Å². The second-order valence-electron chi connectivity index (χ2n) is 11.3. The highest BCUT2D eigenvalue weighted by Crippen LogP contribution is 2.60. The highest BCUT2D eigenvalue weighted by atomic mass is 16.3. The summed E-state index contributed by atoms with van der Waals surface area (Å²) >= 11 is 0. The summed E-state index contributed by atoms with van der Waals surface area (Å²) in [5.74, 6) is 2.90. The van der Waals surface area contributed by atoms with Crippen LogP contribution in [0.15, 0.2) is 23.8 Å². The smallest absolute Gasteiger partial charge is 0.0751 e. The highest BCUT2D eigenvalue weighted by Gasteiger charge is 2.51. The molecule has 0 bridgehead atoms. The Balaban J connectivity index is 1.63. The predicted octanol–water partition coefficient (Wildman–Crippen LogP) is 5.39. The lowest BCUT2D eigenvalue weighted by atomic mass is 9.59. The molecule has 0 saturated heterocycles. The molecule has 3 rings (SSSR count). The summed E-state index contributed by atoms with van der Waals surface area (Å²) in [5.41, 5.74) is 0.983. The van der Waals surface area contributed by atoms with Crippen LogP contribution in [0.2, 0.25) is 0 Å². The molecule has 3 nitrogen and oxygen atoms in total. The molecule has 0 radical (unpaired) electrons. The largest absolute Gasteiger partial charge is 0.393 e. The summed E-state index contributed by atoms with van der Waals surface area (Å²) in [4.78, 5) is 0. The molecule has 166 valence electrons. The SMILES string of the molecule is C[C@H](CCCC(C)(C)O)[C@H]1CC[C@@H]2[C@H](/C=C/C3=C[C@@H](O)C[C@H](O)C3)CCC[C@@]12C. The molecule has 0 aliphatic heterocycles. The van der Waals surface area contributed by atoms with E-state index in [-0.39, 0.29) is 0 Å². The van der Waals surface area contributed by atoms with Gasteiger partial charge in [0.25, 0.3) is 0 Å². The molecule has 3 aliphatic rings. The summed E-state index contributed by atoms with van der Waals surface area (Å²) in [6, 6.07) is 0. The van der Waals surface area contributed by atoms with E-state index in [0.29, 0.717) is 24.2 Å². The number of rotatable bonds is 7. The third-order valence-corrected chi connectivity index (χ3v) is 8.34. The first-order chi connectivity index (χ1) is 13.6. The first-order valence-corrected chi connectivity index (χ1v) is 12.1. The van der Waals surface area contributed by atoms with E-state index in [1.54, 1.807) is 0 Å². The number of aliphatic hydroxyl groups is 3. The van der Waals surface area contributed by atoms with Crippen molar-refractivity contribution >= 4 is 0 Å². The van der Waals surface area contributed by atoms with Crippen molar-refractivity contribution in [2.45, 2.75) is 110 Å². The minimum atomic E-state index is -0.544. The number of allylic oxidation sites excluding steroid dienone is 2. The Morgan fingerprint density at radius 2 is 2.00 bits per heavy atom. The first kappa shape index (κ1) is 23.0. The Hall–Kier alpha value is -0.640. The van der Waals surface area contributed by atoms with Crippen LogP contribution in [-0.4, -0.2) is 33.1 Å². The minimum absolute atomic E-state index is 0.410. The maximum Gasteiger partial charge on any atom is 0.0751 e. The van der Waals surface area contributed by atoms with Gasteiger partial charge in [0, 0.05) is 6.42 Å². The fraction of sp³-hybridized carbons (Fsp3) is 0.846. The van der Waals surface area contributed by atoms with E-state index in [2.05, 4.69) is 26.0 Å². The molecule has 0 aromatic rings. The Labute approximate surface area is 178 Å². The van der Waals surface area contributed by atoms with Gasteiger partial charge in [-0.25, -0.2) is 0 Å². The number of aliphatic hydroxyl groups excluding tert-OH is 2. The van der Waals surface area contributed by atoms with Crippen LogP contribution < -0.4 is 0 Å². The second kappa shape index (κ2) is 9.24. The first-order valence-electron chi connectivity index (χ1n) is 12.1. The van der Waals surface area contributed by atoms with Gasteiger partial charge in [-0.2, -0.15) is 0 Å². The van der Waals surface area contributed by atoms with Crippen molar-refractivity contribution in [2.75, 3.05) is 0 Å². The molecule has 0 unspecified atom stereocenters. The quantitative estimate of drug-likeness (QED) is 0.533. The number of hydrogen-bond donors (Lipinski definition) is 3. The van der Waals surface area contributed by atoms with Gasteiger partial charge >= 0.3 is 0 Å². The maximum atomic E-state index is 10.0. The summed E-state index contributed by atoms with van der Waals surface area (Å²) in [7, 11) is 0. The lowest BCUT2D eigenvalue weighted by Crippen LogP contribution is -2.38. The van der Waals surface area contributed by atoms with E-state index in [4.69, 9.17) is 0 Å². The Morgan fingerprint density at radius 3 is 2.69 bits per heavy atom. The topological polar surface area (TPSA) is 60.7 Å². The minimum Gasteiger partial charge on any atom is -0.393 e. The van der Waals surface area contributed by atoms with Crippen LogP contribution >= 0.6 is 0 Å². The Morgan fingerprint density at radius 1 is 1.24 bits per heavy atom. The van der Waals surface area contributed by atoms with Gasteiger partial charge < -0.3 is 15.3 Å². The van der Waals surface area contributed by atoms with Crippen molar-refractivity contribution in [1.29, 1.82) is 0 Å². The highest BCUT2D eigenvalue weighted by molar-refractivity contribution is 5.25. The molecule has 0 heterocycles. The van der Waals surface area contributed by atoms with Gasteiger partial charge in [-0.05, 0) is 87.0 Å². The third-order valence-electron chi connectivity index (χ3n) is 8.34. The van der Waals surface area contributed by atoms with E-state index in [1.165, 1.54) is 38.5 Å². The molecular weight excluding hydrogens is 360 g/mol. The van der Waals surface area contributed by atoms with Gasteiger partial charge in [-0.1, -0.05) is 51.3 Å². The standard InChI is InChI=1S/C26H44O3/c1-18(7-5-13-25(2,3)29)23-11-12-24-20(8-6-14-26(23,24)4)10-9-19-15-21(27)17-22(28)16-19/h9-10,15,18,20-24,27-29H,5-8,11-14,16-17H2,1-4H3/b10-9+/t18-,20+,21-,22-,23-,24-,26+/m1/s1. The maximum absolute atomic E-state index is 10.0. The molecule has 2 fully saturated rings. The van der Waals surface area contributed by atoms with Crippen LogP contribution in [0, 0.1) is 29.1 Å². The van der Waals surface area contributed by atoms with Crippen molar-refractivity contribution in [1.82, 2.24) is 0 Å². The molecular formula is C26H44O3. The molecule has 3 N–H and O–H groups in total. The molecule has 29 heavy (non-hydrogen) atoms. The average molecular weight is 405 g/mol. The van der Waals surface area contributed by atoms with Crippen LogP contribution in [0.5, 0.6) is 0 Å². The monoisotopic (exact) mass is 404 g/mol. The zero-order chi connectivity index (χ0) is 21.2. The lowest BCUT2D eigenvalue weighted by molar-refractivity contribution is 0.0377. The Kier molecular flexibility index (Phi) is 7.34. The van der Waals surface area contributed by atoms with Crippen LogP contribution in [-0.2, 0) is 0 Å². The molecule has 0 aromatic heterocycles. The molecule has 2 saturated carbocycles. The fourth-order valence-electron chi connectivity index (χ4n) is 6.90.